The van der Waals surface area contributed by atoms with Gasteiger partial charge in [-0.2, -0.15) is 0 Å². The number of carbonyl (C=O) groups is 2. The highest BCUT2D eigenvalue weighted by Gasteiger charge is 2.21. The van der Waals surface area contributed by atoms with E-state index < -0.39 is 12.1 Å². The molecule has 1 atom stereocenters. The molecule has 1 N–H and O–H groups in total. The van der Waals surface area contributed by atoms with Crippen LogP contribution in [0.5, 0.6) is 5.75 Å². The molecule has 6 heteroatoms. The number of carbonyl (C=O) groups excluding carboxylic acids is 1. The van der Waals surface area contributed by atoms with E-state index in [9.17, 15) is 14.7 Å². The maximum atomic E-state index is 11.8. The van der Waals surface area contributed by atoms with Crippen LogP contribution in [0.3, 0.4) is 0 Å². The van der Waals surface area contributed by atoms with E-state index in [2.05, 4.69) is 4.74 Å². The molecular weight excluding hydrogens is 428 g/mol. The molecule has 0 aliphatic carbocycles. The molecule has 0 amide bonds. The first-order valence-electron chi connectivity index (χ1n) is 10.4. The summed E-state index contributed by atoms with van der Waals surface area (Å²) in [4.78, 5) is 23.3. The van der Waals surface area contributed by atoms with Gasteiger partial charge in [0, 0.05) is 11.4 Å². The second kappa shape index (κ2) is 11.3. The monoisotopic (exact) mass is 452 g/mol. The van der Waals surface area contributed by atoms with Gasteiger partial charge in [0.15, 0.2) is 6.10 Å². The summed E-state index contributed by atoms with van der Waals surface area (Å²) in [6.45, 7) is 0. The van der Waals surface area contributed by atoms with Crippen LogP contribution in [0.25, 0.3) is 11.1 Å². The summed E-state index contributed by atoms with van der Waals surface area (Å²) in [5, 5.41) is 10.4. The van der Waals surface area contributed by atoms with E-state index in [0.717, 1.165) is 22.3 Å². The molecule has 0 heterocycles. The molecule has 0 aromatic heterocycles. The third-order valence-corrected chi connectivity index (χ3v) is 5.42. The van der Waals surface area contributed by atoms with Crippen LogP contribution in [0.15, 0.2) is 72.8 Å². The summed E-state index contributed by atoms with van der Waals surface area (Å²) >= 11 is 5.95. The second-order valence-electron chi connectivity index (χ2n) is 7.37. The third kappa shape index (κ3) is 6.59. The molecule has 0 saturated carbocycles. The number of rotatable bonds is 10. The predicted octanol–water partition coefficient (Wildman–Crippen LogP) is 5.58. The van der Waals surface area contributed by atoms with E-state index in [4.69, 9.17) is 16.3 Å². The number of carboxylic acid groups (broad SMARTS) is 1. The molecule has 5 nitrogen and oxygen atoms in total. The highest BCUT2D eigenvalue weighted by molar-refractivity contribution is 6.30. The third-order valence-electron chi connectivity index (χ3n) is 5.17. The Bertz CT molecular complexity index is 1040. The standard InChI is InChI=1S/C26H25ClO5/c1-31-25(28)17-13-21-4-2-3-5-23(21)32-24(26(29)30)16-8-18-6-9-19(10-7-18)20-11-14-22(27)15-12-20/h2-7,9-12,14-15,24H,8,13,16-17H2,1H3,(H,29,30). The number of esters is 1. The lowest BCUT2D eigenvalue weighted by Gasteiger charge is -2.18. The second-order valence-corrected chi connectivity index (χ2v) is 7.81. The van der Waals surface area contributed by atoms with Crippen molar-refractivity contribution in [2.24, 2.45) is 0 Å². The molecule has 166 valence electrons. The van der Waals surface area contributed by atoms with Crippen molar-refractivity contribution in [2.75, 3.05) is 7.11 Å². The lowest BCUT2D eigenvalue weighted by atomic mass is 10.0. The normalized spacial score (nSPS) is 11.6. The van der Waals surface area contributed by atoms with Crippen LogP contribution in [0, 0.1) is 0 Å². The van der Waals surface area contributed by atoms with Gasteiger partial charge in [-0.25, -0.2) is 4.79 Å². The number of para-hydroxylation sites is 1. The van der Waals surface area contributed by atoms with E-state index in [-0.39, 0.29) is 12.4 Å². The Balaban J connectivity index is 1.63. The summed E-state index contributed by atoms with van der Waals surface area (Å²) in [6.07, 6.45) is 0.504. The fraction of sp³-hybridized carbons (Fsp3) is 0.231. The Morgan fingerprint density at radius 3 is 2.16 bits per heavy atom. The maximum Gasteiger partial charge on any atom is 0.344 e. The van der Waals surface area contributed by atoms with E-state index >= 15 is 0 Å². The Morgan fingerprint density at radius 2 is 1.53 bits per heavy atom. The van der Waals surface area contributed by atoms with Crippen molar-refractivity contribution >= 4 is 23.5 Å². The zero-order valence-corrected chi connectivity index (χ0v) is 18.5. The highest BCUT2D eigenvalue weighted by Crippen LogP contribution is 2.24. The van der Waals surface area contributed by atoms with E-state index in [1.165, 1.54) is 7.11 Å². The summed E-state index contributed by atoms with van der Waals surface area (Å²) in [6, 6.07) is 22.8. The van der Waals surface area contributed by atoms with Gasteiger partial charge in [-0.3, -0.25) is 4.79 Å². The molecule has 0 radical (unpaired) electrons. The average Bonchev–Trinajstić information content (AvgIpc) is 2.81. The predicted molar refractivity (Wildman–Crippen MR) is 124 cm³/mol. The van der Waals surface area contributed by atoms with Crippen LogP contribution in [-0.2, 0) is 27.2 Å². The molecule has 3 rings (SSSR count). The minimum Gasteiger partial charge on any atom is -0.479 e. The maximum absolute atomic E-state index is 11.8. The van der Waals surface area contributed by atoms with Gasteiger partial charge in [0.05, 0.1) is 7.11 Å². The first-order chi connectivity index (χ1) is 15.5. The van der Waals surface area contributed by atoms with Crippen molar-refractivity contribution in [3.63, 3.8) is 0 Å². The van der Waals surface area contributed by atoms with Gasteiger partial charge in [-0.1, -0.05) is 66.2 Å². The number of carboxylic acids is 1. The number of hydrogen-bond acceptors (Lipinski definition) is 4. The summed E-state index contributed by atoms with van der Waals surface area (Å²) in [7, 11) is 1.34. The summed E-state index contributed by atoms with van der Waals surface area (Å²) < 4.78 is 10.5. The number of methoxy groups -OCH3 is 1. The molecular formula is C26H25ClO5. The zero-order chi connectivity index (χ0) is 22.9. The molecule has 3 aromatic rings. The van der Waals surface area contributed by atoms with Crippen molar-refractivity contribution in [3.8, 4) is 16.9 Å². The number of aryl methyl sites for hydroxylation is 2. The molecule has 1 unspecified atom stereocenters. The van der Waals surface area contributed by atoms with Crippen LogP contribution in [0.4, 0.5) is 0 Å². The van der Waals surface area contributed by atoms with Gasteiger partial charge in [0.1, 0.15) is 5.75 Å². The van der Waals surface area contributed by atoms with Gasteiger partial charge in [0.25, 0.3) is 0 Å². The first kappa shape index (κ1) is 23.4. The fourth-order valence-corrected chi connectivity index (χ4v) is 3.48. The van der Waals surface area contributed by atoms with Crippen molar-refractivity contribution in [1.29, 1.82) is 0 Å². The molecule has 0 aliphatic rings. The lowest BCUT2D eigenvalue weighted by Crippen LogP contribution is -2.28. The SMILES string of the molecule is COC(=O)CCc1ccccc1OC(CCc1ccc(-c2ccc(Cl)cc2)cc1)C(=O)O. The zero-order valence-electron chi connectivity index (χ0n) is 17.8. The molecule has 32 heavy (non-hydrogen) atoms. The van der Waals surface area contributed by atoms with Crippen molar-refractivity contribution < 1.29 is 24.2 Å². The molecule has 0 bridgehead atoms. The van der Waals surface area contributed by atoms with E-state index in [1.54, 1.807) is 12.1 Å². The Hall–Kier alpha value is -3.31. The minimum absolute atomic E-state index is 0.203. The van der Waals surface area contributed by atoms with Gasteiger partial charge < -0.3 is 14.6 Å². The Morgan fingerprint density at radius 1 is 0.906 bits per heavy atom. The number of aliphatic carboxylic acids is 1. The van der Waals surface area contributed by atoms with Crippen molar-refractivity contribution in [1.82, 2.24) is 0 Å². The number of benzene rings is 3. The number of ether oxygens (including phenoxy) is 2. The highest BCUT2D eigenvalue weighted by atomic mass is 35.5. The summed E-state index contributed by atoms with van der Waals surface area (Å²) in [5.41, 5.74) is 3.93. The van der Waals surface area contributed by atoms with Crippen molar-refractivity contribution in [2.45, 2.75) is 31.8 Å². The van der Waals surface area contributed by atoms with Crippen LogP contribution in [0.2, 0.25) is 5.02 Å². The van der Waals surface area contributed by atoms with E-state index in [0.29, 0.717) is 30.0 Å². The number of halogens is 1. The molecule has 0 aliphatic heterocycles. The smallest absolute Gasteiger partial charge is 0.344 e. The van der Waals surface area contributed by atoms with Gasteiger partial charge in [0.2, 0.25) is 0 Å². The molecule has 3 aromatic carbocycles. The Kier molecular flexibility index (Phi) is 8.28. The van der Waals surface area contributed by atoms with E-state index in [1.807, 2.05) is 60.7 Å². The van der Waals surface area contributed by atoms with Crippen LogP contribution < -0.4 is 4.74 Å². The molecule has 0 fully saturated rings. The van der Waals surface area contributed by atoms with Gasteiger partial charge in [-0.15, -0.1) is 0 Å². The van der Waals surface area contributed by atoms with Gasteiger partial charge >= 0.3 is 11.9 Å². The van der Waals surface area contributed by atoms with Crippen molar-refractivity contribution in [3.05, 3.63) is 88.9 Å². The molecule has 0 spiro atoms. The molecule has 0 saturated heterocycles. The van der Waals surface area contributed by atoms with Crippen LogP contribution >= 0.6 is 11.6 Å². The Labute approximate surface area is 192 Å². The van der Waals surface area contributed by atoms with Crippen LogP contribution in [0.1, 0.15) is 24.0 Å². The fourth-order valence-electron chi connectivity index (χ4n) is 3.35. The average molecular weight is 453 g/mol. The summed E-state index contributed by atoms with van der Waals surface area (Å²) in [5.74, 6) is -0.871. The largest absolute Gasteiger partial charge is 0.479 e. The van der Waals surface area contributed by atoms with Crippen LogP contribution in [-0.4, -0.2) is 30.3 Å². The topological polar surface area (TPSA) is 72.8 Å². The minimum atomic E-state index is -1.02. The van der Waals surface area contributed by atoms with Gasteiger partial charge in [-0.05, 0) is 59.7 Å². The number of hydrogen-bond donors (Lipinski definition) is 1. The first-order valence-corrected chi connectivity index (χ1v) is 10.7. The quantitative estimate of drug-likeness (QED) is 0.406. The lowest BCUT2D eigenvalue weighted by molar-refractivity contribution is -0.145.